The zero-order valence-electron chi connectivity index (χ0n) is 7.28. The van der Waals surface area contributed by atoms with Gasteiger partial charge in [-0.1, -0.05) is 13.8 Å². The van der Waals surface area contributed by atoms with Crippen molar-refractivity contribution in [2.75, 3.05) is 0 Å². The van der Waals surface area contributed by atoms with Crippen molar-refractivity contribution >= 4 is 11.9 Å². The van der Waals surface area contributed by atoms with E-state index in [1.54, 1.807) is 0 Å². The number of aliphatic carboxylic acids is 2. The van der Waals surface area contributed by atoms with E-state index in [9.17, 15) is 9.59 Å². The Bertz CT molecular complexity index is 174. The lowest BCUT2D eigenvalue weighted by atomic mass is 9.94. The summed E-state index contributed by atoms with van der Waals surface area (Å²) in [6.07, 6.45) is 0.134. The van der Waals surface area contributed by atoms with Crippen molar-refractivity contribution in [3.63, 3.8) is 0 Å². The monoisotopic (exact) mass is 174 g/mol. The quantitative estimate of drug-likeness (QED) is 0.656. The van der Waals surface area contributed by atoms with Gasteiger partial charge in [0, 0.05) is 0 Å². The maximum atomic E-state index is 10.5. The molecule has 0 bridgehead atoms. The Kier molecular flexibility index (Phi) is 4.33. The van der Waals surface area contributed by atoms with Crippen LogP contribution >= 0.6 is 0 Å². The van der Waals surface area contributed by atoms with Gasteiger partial charge in [-0.15, -0.1) is 0 Å². The number of carboxylic acids is 2. The summed E-state index contributed by atoms with van der Waals surface area (Å²) in [6, 6.07) is 0. The SMILES string of the molecule is CC(C)C[C@@H](CC(=O)O)C(=O)O. The third-order valence-electron chi connectivity index (χ3n) is 1.53. The summed E-state index contributed by atoms with van der Waals surface area (Å²) >= 11 is 0. The smallest absolute Gasteiger partial charge is 0.307 e. The van der Waals surface area contributed by atoms with E-state index in [0.717, 1.165) is 0 Å². The molecule has 0 radical (unpaired) electrons. The van der Waals surface area contributed by atoms with Gasteiger partial charge in [0.1, 0.15) is 0 Å². The van der Waals surface area contributed by atoms with Gasteiger partial charge < -0.3 is 10.2 Å². The van der Waals surface area contributed by atoms with Crippen LogP contribution in [0.4, 0.5) is 0 Å². The minimum absolute atomic E-state index is 0.213. The number of carbonyl (C=O) groups is 2. The molecule has 0 aliphatic rings. The van der Waals surface area contributed by atoms with Crippen LogP contribution in [0.5, 0.6) is 0 Å². The molecule has 0 aliphatic carbocycles. The second kappa shape index (κ2) is 4.74. The van der Waals surface area contributed by atoms with Crippen molar-refractivity contribution in [1.29, 1.82) is 0 Å². The van der Waals surface area contributed by atoms with E-state index in [4.69, 9.17) is 10.2 Å². The Morgan fingerprint density at radius 3 is 2.00 bits per heavy atom. The summed E-state index contributed by atoms with van der Waals surface area (Å²) in [5, 5.41) is 17.0. The van der Waals surface area contributed by atoms with Crippen LogP contribution in [0.3, 0.4) is 0 Å². The highest BCUT2D eigenvalue weighted by atomic mass is 16.4. The normalized spacial score (nSPS) is 12.9. The standard InChI is InChI=1S/C8H14O4/c1-5(2)3-6(8(11)12)4-7(9)10/h5-6H,3-4H2,1-2H3,(H,9,10)(H,11,12)/t6-/m0/s1. The minimum Gasteiger partial charge on any atom is -0.481 e. The fourth-order valence-electron chi connectivity index (χ4n) is 1.05. The number of hydrogen-bond acceptors (Lipinski definition) is 2. The summed E-state index contributed by atoms with van der Waals surface area (Å²) in [6.45, 7) is 3.75. The zero-order valence-corrected chi connectivity index (χ0v) is 7.28. The van der Waals surface area contributed by atoms with Crippen molar-refractivity contribution in [2.24, 2.45) is 11.8 Å². The van der Waals surface area contributed by atoms with E-state index >= 15 is 0 Å². The van der Waals surface area contributed by atoms with Gasteiger partial charge in [-0.25, -0.2) is 0 Å². The van der Waals surface area contributed by atoms with Gasteiger partial charge >= 0.3 is 11.9 Å². The summed E-state index contributed by atoms with van der Waals surface area (Å²) in [7, 11) is 0. The third kappa shape index (κ3) is 4.71. The van der Waals surface area contributed by atoms with Gasteiger partial charge in [0.15, 0.2) is 0 Å². The predicted octanol–water partition coefficient (Wildman–Crippen LogP) is 1.21. The van der Waals surface area contributed by atoms with Crippen molar-refractivity contribution in [1.82, 2.24) is 0 Å². The molecule has 0 fully saturated rings. The first-order valence-electron chi connectivity index (χ1n) is 3.88. The molecule has 0 aromatic rings. The lowest BCUT2D eigenvalue weighted by Gasteiger charge is -2.11. The molecule has 70 valence electrons. The maximum absolute atomic E-state index is 10.5. The Hall–Kier alpha value is -1.06. The van der Waals surface area contributed by atoms with Crippen LogP contribution < -0.4 is 0 Å². The van der Waals surface area contributed by atoms with E-state index in [-0.39, 0.29) is 12.3 Å². The number of hydrogen-bond donors (Lipinski definition) is 2. The highest BCUT2D eigenvalue weighted by molar-refractivity contribution is 5.77. The van der Waals surface area contributed by atoms with Crippen LogP contribution in [0.2, 0.25) is 0 Å². The van der Waals surface area contributed by atoms with E-state index in [1.807, 2.05) is 13.8 Å². The molecule has 4 heteroatoms. The molecule has 0 heterocycles. The van der Waals surface area contributed by atoms with Crippen molar-refractivity contribution in [2.45, 2.75) is 26.7 Å². The van der Waals surface area contributed by atoms with Gasteiger partial charge in [-0.3, -0.25) is 9.59 Å². The van der Waals surface area contributed by atoms with Crippen LogP contribution in [-0.2, 0) is 9.59 Å². The highest BCUT2D eigenvalue weighted by Crippen LogP contribution is 2.15. The lowest BCUT2D eigenvalue weighted by molar-refractivity contribution is -0.148. The lowest BCUT2D eigenvalue weighted by Crippen LogP contribution is -2.19. The molecule has 1 atom stereocenters. The van der Waals surface area contributed by atoms with Gasteiger partial charge in [0.25, 0.3) is 0 Å². The van der Waals surface area contributed by atoms with Crippen LogP contribution in [-0.4, -0.2) is 22.2 Å². The Morgan fingerprint density at radius 1 is 1.25 bits per heavy atom. The molecular formula is C8H14O4. The van der Waals surface area contributed by atoms with Crippen LogP contribution in [0.1, 0.15) is 26.7 Å². The van der Waals surface area contributed by atoms with Crippen LogP contribution in [0.15, 0.2) is 0 Å². The molecule has 12 heavy (non-hydrogen) atoms. The van der Waals surface area contributed by atoms with Crippen molar-refractivity contribution < 1.29 is 19.8 Å². The Morgan fingerprint density at radius 2 is 1.75 bits per heavy atom. The summed E-state index contributed by atoms with van der Waals surface area (Å²) in [5.74, 6) is -2.61. The van der Waals surface area contributed by atoms with E-state index in [2.05, 4.69) is 0 Å². The van der Waals surface area contributed by atoms with Gasteiger partial charge in [0.05, 0.1) is 12.3 Å². The molecule has 0 saturated heterocycles. The van der Waals surface area contributed by atoms with Crippen LogP contribution in [0.25, 0.3) is 0 Å². The predicted molar refractivity (Wildman–Crippen MR) is 42.8 cm³/mol. The second-order valence-corrected chi connectivity index (χ2v) is 3.26. The molecule has 0 aromatic heterocycles. The number of carboxylic acid groups (broad SMARTS) is 2. The molecule has 0 aromatic carbocycles. The first kappa shape index (κ1) is 10.9. The summed E-state index contributed by atoms with van der Waals surface area (Å²) in [4.78, 5) is 20.7. The topological polar surface area (TPSA) is 74.6 Å². The molecule has 0 saturated carbocycles. The van der Waals surface area contributed by atoms with E-state index in [1.165, 1.54) is 0 Å². The average Bonchev–Trinajstić information content (AvgIpc) is 1.83. The largest absolute Gasteiger partial charge is 0.481 e. The fraction of sp³-hybridized carbons (Fsp3) is 0.750. The maximum Gasteiger partial charge on any atom is 0.307 e. The summed E-state index contributed by atoms with van der Waals surface area (Å²) in [5.41, 5.74) is 0. The molecule has 0 rings (SSSR count). The highest BCUT2D eigenvalue weighted by Gasteiger charge is 2.21. The molecule has 0 aliphatic heterocycles. The Balaban J connectivity index is 4.04. The summed E-state index contributed by atoms with van der Waals surface area (Å²) < 4.78 is 0. The van der Waals surface area contributed by atoms with Gasteiger partial charge in [-0.05, 0) is 12.3 Å². The first-order valence-corrected chi connectivity index (χ1v) is 3.88. The first-order chi connectivity index (χ1) is 5.43. The molecular weight excluding hydrogens is 160 g/mol. The van der Waals surface area contributed by atoms with Gasteiger partial charge in [-0.2, -0.15) is 0 Å². The zero-order chi connectivity index (χ0) is 9.72. The van der Waals surface area contributed by atoms with Crippen molar-refractivity contribution in [3.05, 3.63) is 0 Å². The molecule has 4 nitrogen and oxygen atoms in total. The van der Waals surface area contributed by atoms with Crippen LogP contribution in [0, 0.1) is 11.8 Å². The average molecular weight is 174 g/mol. The molecule has 0 amide bonds. The Labute approximate surface area is 71.2 Å². The fourth-order valence-corrected chi connectivity index (χ4v) is 1.05. The third-order valence-corrected chi connectivity index (χ3v) is 1.53. The number of rotatable bonds is 5. The van der Waals surface area contributed by atoms with E-state index < -0.39 is 17.9 Å². The molecule has 2 N–H and O–H groups in total. The second-order valence-electron chi connectivity index (χ2n) is 3.26. The molecule has 0 spiro atoms. The van der Waals surface area contributed by atoms with E-state index in [0.29, 0.717) is 6.42 Å². The van der Waals surface area contributed by atoms with Crippen molar-refractivity contribution in [3.8, 4) is 0 Å². The minimum atomic E-state index is -1.05. The van der Waals surface area contributed by atoms with Gasteiger partial charge in [0.2, 0.25) is 0 Å². The molecule has 0 unspecified atom stereocenters.